The SMILES string of the molecule is c1cc(-c2c3ccccc3c(-c3ccc4ccccc4c3)c3ccccc23)cc(-c2cc3sc4cc5sc6ccccc6c5cc4c3c3ccccc23)c1. The minimum Gasteiger partial charge on any atom is -0.135 e. The van der Waals surface area contributed by atoms with Gasteiger partial charge in [0.25, 0.3) is 0 Å². The van der Waals surface area contributed by atoms with Crippen LogP contribution in [0, 0.1) is 0 Å². The number of benzene rings is 10. The second-order valence-electron chi connectivity index (χ2n) is 14.4. The quantitative estimate of drug-likeness (QED) is 0.160. The zero-order valence-electron chi connectivity index (χ0n) is 29.1. The van der Waals surface area contributed by atoms with Gasteiger partial charge < -0.3 is 0 Å². The molecule has 0 saturated heterocycles. The maximum Gasteiger partial charge on any atom is 0.0370 e. The standard InChI is InChI=1S/C52H30S2/c1-2-13-32-26-35(25-24-31(32)12-1)51-41-21-7-5-19-39(41)50(40-20-6-8-22-42(40)51)34-15-11-14-33(27-34)43-29-49-52(38-18-4-3-16-36(38)43)45-28-44-37-17-9-10-23-46(37)53-47(44)30-48(45)54-49/h1-30H. The molecule has 54 heavy (non-hydrogen) atoms. The third-order valence-corrected chi connectivity index (χ3v) is 13.6. The largest absolute Gasteiger partial charge is 0.135 e. The van der Waals surface area contributed by atoms with Gasteiger partial charge in [-0.15, -0.1) is 22.7 Å². The second kappa shape index (κ2) is 11.6. The van der Waals surface area contributed by atoms with Gasteiger partial charge in [-0.2, -0.15) is 0 Å². The summed E-state index contributed by atoms with van der Waals surface area (Å²) in [7, 11) is 0. The molecule has 0 nitrogen and oxygen atoms in total. The summed E-state index contributed by atoms with van der Waals surface area (Å²) in [6.45, 7) is 0. The number of thiophene rings is 2. The van der Waals surface area contributed by atoms with Crippen molar-refractivity contribution >= 4 is 106 Å². The van der Waals surface area contributed by atoms with Crippen LogP contribution in [0.4, 0.5) is 0 Å². The Morgan fingerprint density at radius 3 is 1.56 bits per heavy atom. The van der Waals surface area contributed by atoms with Crippen molar-refractivity contribution in [2.24, 2.45) is 0 Å². The van der Waals surface area contributed by atoms with Gasteiger partial charge in [0.2, 0.25) is 0 Å². The lowest BCUT2D eigenvalue weighted by molar-refractivity contribution is 1.64. The molecule has 0 N–H and O–H groups in total. The predicted octanol–water partition coefficient (Wildman–Crippen LogP) is 16.0. The molecule has 12 aromatic rings. The topological polar surface area (TPSA) is 0 Å². The molecule has 0 spiro atoms. The Kier molecular flexibility index (Phi) is 6.48. The monoisotopic (exact) mass is 718 g/mol. The molecule has 0 saturated carbocycles. The summed E-state index contributed by atoms with van der Waals surface area (Å²) in [6, 6.07) is 67.9. The Morgan fingerprint density at radius 1 is 0.259 bits per heavy atom. The first-order valence-electron chi connectivity index (χ1n) is 18.5. The smallest absolute Gasteiger partial charge is 0.0370 e. The van der Waals surface area contributed by atoms with Crippen LogP contribution in [-0.4, -0.2) is 0 Å². The fourth-order valence-electron chi connectivity index (χ4n) is 9.04. The van der Waals surface area contributed by atoms with E-state index in [0.717, 1.165) is 0 Å². The molecule has 0 radical (unpaired) electrons. The molecule has 10 aromatic carbocycles. The predicted molar refractivity (Wildman–Crippen MR) is 239 cm³/mol. The van der Waals surface area contributed by atoms with E-state index in [1.54, 1.807) is 0 Å². The summed E-state index contributed by atoms with van der Waals surface area (Å²) in [5.41, 5.74) is 7.57. The summed E-state index contributed by atoms with van der Waals surface area (Å²) in [5.74, 6) is 0. The minimum atomic E-state index is 1.23. The third kappa shape index (κ3) is 4.42. The highest BCUT2D eigenvalue weighted by Gasteiger charge is 2.19. The molecule has 2 heteroatoms. The van der Waals surface area contributed by atoms with Crippen molar-refractivity contribution in [2.75, 3.05) is 0 Å². The summed E-state index contributed by atoms with van der Waals surface area (Å²) in [5, 5.41) is 15.6. The van der Waals surface area contributed by atoms with E-state index in [-0.39, 0.29) is 0 Å². The van der Waals surface area contributed by atoms with E-state index < -0.39 is 0 Å². The van der Waals surface area contributed by atoms with E-state index in [0.29, 0.717) is 0 Å². The van der Waals surface area contributed by atoms with Gasteiger partial charge in [-0.05, 0) is 113 Å². The molecule has 2 aromatic heterocycles. The molecule has 0 aliphatic rings. The zero-order chi connectivity index (χ0) is 35.3. The number of rotatable bonds is 3. The normalized spacial score (nSPS) is 12.1. The van der Waals surface area contributed by atoms with Crippen molar-refractivity contribution in [3.8, 4) is 33.4 Å². The molecule has 0 amide bonds. The van der Waals surface area contributed by atoms with Gasteiger partial charge in [-0.3, -0.25) is 0 Å². The molecular weight excluding hydrogens is 689 g/mol. The van der Waals surface area contributed by atoms with Crippen molar-refractivity contribution in [3.05, 3.63) is 182 Å². The maximum absolute atomic E-state index is 2.45. The Bertz CT molecular complexity index is 3450. The van der Waals surface area contributed by atoms with E-state index in [1.165, 1.54) is 117 Å². The molecule has 0 unspecified atom stereocenters. The zero-order valence-corrected chi connectivity index (χ0v) is 30.8. The molecule has 2 heterocycles. The van der Waals surface area contributed by atoms with Crippen LogP contribution < -0.4 is 0 Å². The second-order valence-corrected chi connectivity index (χ2v) is 16.5. The van der Waals surface area contributed by atoms with Crippen LogP contribution in [-0.2, 0) is 0 Å². The fourth-order valence-corrected chi connectivity index (χ4v) is 11.4. The Morgan fingerprint density at radius 2 is 0.815 bits per heavy atom. The van der Waals surface area contributed by atoms with Crippen LogP contribution in [0.3, 0.4) is 0 Å². The van der Waals surface area contributed by atoms with Gasteiger partial charge in [0.05, 0.1) is 0 Å². The summed E-state index contributed by atoms with van der Waals surface area (Å²) >= 11 is 3.82. The lowest BCUT2D eigenvalue weighted by Gasteiger charge is -2.18. The van der Waals surface area contributed by atoms with Crippen molar-refractivity contribution in [1.29, 1.82) is 0 Å². The Hall–Kier alpha value is -6.32. The summed E-state index contributed by atoms with van der Waals surface area (Å²) in [4.78, 5) is 0. The Balaban J connectivity index is 1.09. The van der Waals surface area contributed by atoms with Gasteiger partial charge in [0, 0.05) is 40.3 Å². The van der Waals surface area contributed by atoms with E-state index >= 15 is 0 Å². The van der Waals surface area contributed by atoms with Crippen molar-refractivity contribution in [1.82, 2.24) is 0 Å². The highest BCUT2D eigenvalue weighted by Crippen LogP contribution is 2.48. The number of hydrogen-bond donors (Lipinski definition) is 0. The first kappa shape index (κ1) is 30.2. The molecule has 0 atom stereocenters. The molecule has 0 aliphatic heterocycles. The summed E-state index contributed by atoms with van der Waals surface area (Å²) in [6.07, 6.45) is 0. The molecule has 250 valence electrons. The Labute approximate surface area is 319 Å². The van der Waals surface area contributed by atoms with Crippen molar-refractivity contribution < 1.29 is 0 Å². The number of fused-ring (bicyclic) bond motifs is 11. The van der Waals surface area contributed by atoms with Gasteiger partial charge in [0.15, 0.2) is 0 Å². The van der Waals surface area contributed by atoms with Gasteiger partial charge in [-0.1, -0.05) is 146 Å². The lowest BCUT2D eigenvalue weighted by Crippen LogP contribution is -1.91. The van der Waals surface area contributed by atoms with Crippen LogP contribution >= 0.6 is 22.7 Å². The molecule has 0 bridgehead atoms. The molecular formula is C52H30S2. The van der Waals surface area contributed by atoms with E-state index in [4.69, 9.17) is 0 Å². The van der Waals surface area contributed by atoms with Gasteiger partial charge in [-0.25, -0.2) is 0 Å². The number of hydrogen-bond acceptors (Lipinski definition) is 2. The van der Waals surface area contributed by atoms with Crippen molar-refractivity contribution in [3.63, 3.8) is 0 Å². The highest BCUT2D eigenvalue weighted by atomic mass is 32.1. The maximum atomic E-state index is 2.45. The first-order chi connectivity index (χ1) is 26.8. The van der Waals surface area contributed by atoms with Crippen LogP contribution in [0.5, 0.6) is 0 Å². The average molecular weight is 719 g/mol. The average Bonchev–Trinajstić information content (AvgIpc) is 3.78. The van der Waals surface area contributed by atoms with Crippen LogP contribution in [0.25, 0.3) is 117 Å². The van der Waals surface area contributed by atoms with Crippen LogP contribution in [0.1, 0.15) is 0 Å². The van der Waals surface area contributed by atoms with E-state index in [2.05, 4.69) is 182 Å². The van der Waals surface area contributed by atoms with E-state index in [9.17, 15) is 0 Å². The minimum absolute atomic E-state index is 1.23. The fraction of sp³-hybridized carbons (Fsp3) is 0. The molecule has 0 aliphatic carbocycles. The van der Waals surface area contributed by atoms with Gasteiger partial charge >= 0.3 is 0 Å². The van der Waals surface area contributed by atoms with Crippen LogP contribution in [0.2, 0.25) is 0 Å². The van der Waals surface area contributed by atoms with E-state index in [1.807, 2.05) is 22.7 Å². The highest BCUT2D eigenvalue weighted by molar-refractivity contribution is 7.28. The molecule has 0 fully saturated rings. The first-order valence-corrected chi connectivity index (χ1v) is 20.1. The van der Waals surface area contributed by atoms with Crippen molar-refractivity contribution in [2.45, 2.75) is 0 Å². The van der Waals surface area contributed by atoms with Gasteiger partial charge in [0.1, 0.15) is 0 Å². The lowest BCUT2D eigenvalue weighted by atomic mass is 9.85. The summed E-state index contributed by atoms with van der Waals surface area (Å²) < 4.78 is 5.40. The molecule has 12 rings (SSSR count). The van der Waals surface area contributed by atoms with Crippen LogP contribution in [0.15, 0.2) is 182 Å². The third-order valence-electron chi connectivity index (χ3n) is 11.4.